The van der Waals surface area contributed by atoms with E-state index in [1.807, 2.05) is 41.4 Å². The van der Waals surface area contributed by atoms with E-state index in [-0.39, 0.29) is 11.8 Å². The number of hydrogen-bond acceptors (Lipinski definition) is 4. The molecule has 3 aromatic carbocycles. The highest BCUT2D eigenvalue weighted by molar-refractivity contribution is 6.31. The molecule has 6 rings (SSSR count). The molecule has 35 heavy (non-hydrogen) atoms. The van der Waals surface area contributed by atoms with E-state index >= 15 is 0 Å². The molecule has 0 bridgehead atoms. The topological polar surface area (TPSA) is 69.7 Å². The molecule has 3 aliphatic heterocycles. The Hall–Kier alpha value is -3.61. The van der Waals surface area contributed by atoms with Gasteiger partial charge in [0, 0.05) is 21.9 Å². The third-order valence-electron chi connectivity index (χ3n) is 6.91. The minimum atomic E-state index is -0.870. The van der Waals surface area contributed by atoms with Crippen molar-refractivity contribution in [1.29, 1.82) is 0 Å². The zero-order chi connectivity index (χ0) is 24.3. The predicted octanol–water partition coefficient (Wildman–Crippen LogP) is 5.15. The van der Waals surface area contributed by atoms with Crippen LogP contribution in [-0.4, -0.2) is 28.7 Å². The fourth-order valence-corrected chi connectivity index (χ4v) is 5.79. The molecule has 3 heterocycles. The van der Waals surface area contributed by atoms with Gasteiger partial charge in [0.2, 0.25) is 17.7 Å². The first kappa shape index (κ1) is 21.9. The smallest absolute Gasteiger partial charge is 0.247 e. The molecule has 8 heteroatoms. The first-order valence-electron chi connectivity index (χ1n) is 11.2. The summed E-state index contributed by atoms with van der Waals surface area (Å²) >= 11 is 12.1. The van der Waals surface area contributed by atoms with E-state index in [4.69, 9.17) is 23.2 Å². The predicted molar refractivity (Wildman–Crippen MR) is 135 cm³/mol. The SMILES string of the molecule is O=C(Nc1ccc(Cl)cc1)[C@@H]1[C@@H]2C(=O)N(c3cccc(Cl)c3)C(=O)[C@@H]2C2c3ccccc3C=CN21. The zero-order valence-corrected chi connectivity index (χ0v) is 19.8. The van der Waals surface area contributed by atoms with E-state index in [2.05, 4.69) is 5.32 Å². The molecule has 0 aromatic heterocycles. The lowest BCUT2D eigenvalue weighted by Gasteiger charge is -2.35. The van der Waals surface area contributed by atoms with Gasteiger partial charge in [-0.05, 0) is 59.7 Å². The average Bonchev–Trinajstić information content (AvgIpc) is 3.33. The molecule has 2 saturated heterocycles. The van der Waals surface area contributed by atoms with E-state index in [1.165, 1.54) is 4.90 Å². The number of imide groups is 1. The number of rotatable bonds is 3. The summed E-state index contributed by atoms with van der Waals surface area (Å²) in [6.07, 6.45) is 3.74. The lowest BCUT2D eigenvalue weighted by molar-refractivity contribution is -0.128. The van der Waals surface area contributed by atoms with Crippen LogP contribution in [0, 0.1) is 11.8 Å². The zero-order valence-electron chi connectivity index (χ0n) is 18.3. The lowest BCUT2D eigenvalue weighted by atomic mass is 9.84. The molecule has 174 valence electrons. The number of fused-ring (bicyclic) bond motifs is 5. The molecule has 4 atom stereocenters. The summed E-state index contributed by atoms with van der Waals surface area (Å²) in [5.41, 5.74) is 2.85. The minimum absolute atomic E-state index is 0.329. The van der Waals surface area contributed by atoms with Gasteiger partial charge in [-0.1, -0.05) is 53.5 Å². The van der Waals surface area contributed by atoms with Gasteiger partial charge in [-0.2, -0.15) is 0 Å². The van der Waals surface area contributed by atoms with Crippen LogP contribution in [0.3, 0.4) is 0 Å². The van der Waals surface area contributed by atoms with Gasteiger partial charge in [0.25, 0.3) is 0 Å². The number of amides is 3. The van der Waals surface area contributed by atoms with Gasteiger partial charge in [0.05, 0.1) is 23.6 Å². The Morgan fingerprint density at radius 1 is 0.829 bits per heavy atom. The number of benzene rings is 3. The second kappa shape index (κ2) is 8.26. The largest absolute Gasteiger partial charge is 0.357 e. The van der Waals surface area contributed by atoms with Gasteiger partial charge in [0.1, 0.15) is 6.04 Å². The molecule has 1 N–H and O–H groups in total. The van der Waals surface area contributed by atoms with Crippen molar-refractivity contribution in [1.82, 2.24) is 4.90 Å². The van der Waals surface area contributed by atoms with Gasteiger partial charge >= 0.3 is 0 Å². The van der Waals surface area contributed by atoms with Crippen molar-refractivity contribution < 1.29 is 14.4 Å². The number of carbonyl (C=O) groups excluding carboxylic acids is 3. The molecule has 2 fully saturated rings. The standard InChI is InChI=1S/C27H19Cl2N3O3/c28-16-8-10-18(11-9-16)30-25(33)24-22-21(23-20-7-2-1-4-15(20)12-13-31(23)24)26(34)32(27(22)35)19-6-3-5-17(29)14-19/h1-14,21-24H,(H,30,33)/t21-,22+,23?,24-/m0/s1. The summed E-state index contributed by atoms with van der Waals surface area (Å²) in [6, 6.07) is 19.8. The van der Waals surface area contributed by atoms with Crippen molar-refractivity contribution in [2.24, 2.45) is 11.8 Å². The first-order valence-corrected chi connectivity index (χ1v) is 11.9. The summed E-state index contributed by atoms with van der Waals surface area (Å²) in [5, 5.41) is 3.87. The maximum atomic E-state index is 13.8. The number of hydrogen-bond donors (Lipinski definition) is 1. The minimum Gasteiger partial charge on any atom is -0.357 e. The summed E-state index contributed by atoms with van der Waals surface area (Å²) in [6.45, 7) is 0. The highest BCUT2D eigenvalue weighted by atomic mass is 35.5. The molecule has 0 spiro atoms. The molecule has 3 aromatic rings. The summed E-state index contributed by atoms with van der Waals surface area (Å²) < 4.78 is 0. The first-order chi connectivity index (χ1) is 16.9. The highest BCUT2D eigenvalue weighted by Crippen LogP contribution is 2.53. The summed E-state index contributed by atoms with van der Waals surface area (Å²) in [5.74, 6) is -2.66. The number of carbonyl (C=O) groups is 3. The monoisotopic (exact) mass is 503 g/mol. The second-order valence-corrected chi connectivity index (χ2v) is 9.69. The molecule has 0 radical (unpaired) electrons. The Kier molecular flexibility index (Phi) is 5.16. The lowest BCUT2D eigenvalue weighted by Crippen LogP contribution is -2.46. The fraction of sp³-hybridized carbons (Fsp3) is 0.148. The van der Waals surface area contributed by atoms with Crippen LogP contribution in [-0.2, 0) is 14.4 Å². The van der Waals surface area contributed by atoms with Crippen molar-refractivity contribution in [3.8, 4) is 0 Å². The Morgan fingerprint density at radius 2 is 1.57 bits per heavy atom. The number of halogens is 2. The van der Waals surface area contributed by atoms with Crippen LogP contribution >= 0.6 is 23.2 Å². The maximum Gasteiger partial charge on any atom is 0.247 e. The van der Waals surface area contributed by atoms with E-state index < -0.39 is 29.8 Å². The quantitative estimate of drug-likeness (QED) is 0.502. The Labute approximate surface area is 211 Å². The van der Waals surface area contributed by atoms with Gasteiger partial charge in [-0.15, -0.1) is 0 Å². The van der Waals surface area contributed by atoms with Gasteiger partial charge in [-0.25, -0.2) is 4.90 Å². The molecular formula is C27H19Cl2N3O3. The Balaban J connectivity index is 1.44. The molecular weight excluding hydrogens is 485 g/mol. The Morgan fingerprint density at radius 3 is 2.34 bits per heavy atom. The van der Waals surface area contributed by atoms with Crippen molar-refractivity contribution >= 4 is 58.4 Å². The van der Waals surface area contributed by atoms with Crippen molar-refractivity contribution in [3.63, 3.8) is 0 Å². The molecule has 3 amide bonds. The van der Waals surface area contributed by atoms with Gasteiger partial charge in [-0.3, -0.25) is 14.4 Å². The number of anilines is 2. The Bertz CT molecular complexity index is 1400. The molecule has 1 unspecified atom stereocenters. The van der Waals surface area contributed by atoms with Crippen LogP contribution in [0.2, 0.25) is 10.0 Å². The van der Waals surface area contributed by atoms with Crippen molar-refractivity contribution in [3.05, 3.63) is 100 Å². The van der Waals surface area contributed by atoms with Crippen molar-refractivity contribution in [2.45, 2.75) is 12.1 Å². The van der Waals surface area contributed by atoms with Crippen LogP contribution in [0.4, 0.5) is 11.4 Å². The molecule has 0 saturated carbocycles. The third kappa shape index (κ3) is 3.44. The van der Waals surface area contributed by atoms with E-state index in [1.54, 1.807) is 48.5 Å². The van der Waals surface area contributed by atoms with Crippen LogP contribution in [0.15, 0.2) is 79.0 Å². The fourth-order valence-electron chi connectivity index (χ4n) is 5.48. The van der Waals surface area contributed by atoms with Crippen LogP contribution in [0.5, 0.6) is 0 Å². The van der Waals surface area contributed by atoms with Crippen LogP contribution < -0.4 is 10.2 Å². The second-order valence-electron chi connectivity index (χ2n) is 8.82. The number of nitrogens with one attached hydrogen (secondary N) is 1. The van der Waals surface area contributed by atoms with E-state index in [0.717, 1.165) is 11.1 Å². The summed E-state index contributed by atoms with van der Waals surface area (Å²) in [7, 11) is 0. The van der Waals surface area contributed by atoms with E-state index in [9.17, 15) is 14.4 Å². The highest BCUT2D eigenvalue weighted by Gasteiger charge is 2.64. The van der Waals surface area contributed by atoms with E-state index in [0.29, 0.717) is 21.4 Å². The summed E-state index contributed by atoms with van der Waals surface area (Å²) in [4.78, 5) is 44.3. The third-order valence-corrected chi connectivity index (χ3v) is 7.40. The molecule has 3 aliphatic rings. The number of nitrogens with zero attached hydrogens (tertiary/aromatic N) is 2. The molecule has 0 aliphatic carbocycles. The molecule has 6 nitrogen and oxygen atoms in total. The van der Waals surface area contributed by atoms with Gasteiger partial charge < -0.3 is 10.2 Å². The normalized spacial score (nSPS) is 24.3. The van der Waals surface area contributed by atoms with Crippen LogP contribution in [0.1, 0.15) is 17.2 Å². The maximum absolute atomic E-state index is 13.8. The van der Waals surface area contributed by atoms with Crippen LogP contribution in [0.25, 0.3) is 6.08 Å². The average molecular weight is 504 g/mol. The van der Waals surface area contributed by atoms with Gasteiger partial charge in [0.15, 0.2) is 0 Å². The van der Waals surface area contributed by atoms with Crippen molar-refractivity contribution in [2.75, 3.05) is 10.2 Å².